The SMILES string of the molecule is O=C(O)CC1(NC(=O)[C@H]2CCCCN2)CCCC1. The Bertz CT molecular complexity index is 318. The predicted octanol–water partition coefficient (Wildman–Crippen LogP) is 1.03. The average molecular weight is 254 g/mol. The first kappa shape index (κ1) is 13.3. The highest BCUT2D eigenvalue weighted by molar-refractivity contribution is 5.83. The van der Waals surface area contributed by atoms with Gasteiger partial charge in [-0.3, -0.25) is 9.59 Å². The summed E-state index contributed by atoms with van der Waals surface area (Å²) in [5, 5.41) is 15.2. The van der Waals surface area contributed by atoms with Crippen molar-refractivity contribution in [1.29, 1.82) is 0 Å². The number of carboxylic acids is 1. The highest BCUT2D eigenvalue weighted by Crippen LogP contribution is 2.32. The summed E-state index contributed by atoms with van der Waals surface area (Å²) in [5.41, 5.74) is -0.498. The number of hydrogen-bond donors (Lipinski definition) is 3. The summed E-state index contributed by atoms with van der Waals surface area (Å²) in [5.74, 6) is -0.841. The third-order valence-corrected chi connectivity index (χ3v) is 4.07. The van der Waals surface area contributed by atoms with Crippen molar-refractivity contribution < 1.29 is 14.7 Å². The van der Waals surface area contributed by atoms with Crippen LogP contribution in [0.3, 0.4) is 0 Å². The Morgan fingerprint density at radius 1 is 1.22 bits per heavy atom. The van der Waals surface area contributed by atoms with Gasteiger partial charge in [0, 0.05) is 0 Å². The quantitative estimate of drug-likeness (QED) is 0.700. The third-order valence-electron chi connectivity index (χ3n) is 4.07. The molecular formula is C13H22N2O3. The number of aliphatic carboxylic acids is 1. The van der Waals surface area contributed by atoms with Crippen molar-refractivity contribution in [2.45, 2.75) is 62.9 Å². The Kier molecular flexibility index (Phi) is 4.22. The van der Waals surface area contributed by atoms with Crippen molar-refractivity contribution in [3.05, 3.63) is 0 Å². The van der Waals surface area contributed by atoms with Gasteiger partial charge in [0.1, 0.15) is 0 Å². The van der Waals surface area contributed by atoms with Gasteiger partial charge in [0.25, 0.3) is 0 Å². The van der Waals surface area contributed by atoms with Crippen LogP contribution in [0.5, 0.6) is 0 Å². The zero-order chi connectivity index (χ0) is 13.0. The number of piperidine rings is 1. The molecule has 1 aliphatic heterocycles. The Balaban J connectivity index is 1.95. The van der Waals surface area contributed by atoms with Gasteiger partial charge in [-0.05, 0) is 32.2 Å². The third kappa shape index (κ3) is 3.22. The second kappa shape index (κ2) is 5.69. The Morgan fingerprint density at radius 2 is 1.94 bits per heavy atom. The molecule has 0 unspecified atom stereocenters. The summed E-state index contributed by atoms with van der Waals surface area (Å²) in [4.78, 5) is 23.1. The lowest BCUT2D eigenvalue weighted by Crippen LogP contribution is -2.55. The number of rotatable bonds is 4. The van der Waals surface area contributed by atoms with E-state index in [1.165, 1.54) is 0 Å². The molecule has 1 heterocycles. The van der Waals surface area contributed by atoms with E-state index in [0.717, 1.165) is 51.5 Å². The normalized spacial score (nSPS) is 26.8. The van der Waals surface area contributed by atoms with E-state index in [4.69, 9.17) is 5.11 Å². The van der Waals surface area contributed by atoms with E-state index < -0.39 is 11.5 Å². The Labute approximate surface area is 107 Å². The first-order valence-corrected chi connectivity index (χ1v) is 6.89. The molecule has 0 spiro atoms. The van der Waals surface area contributed by atoms with Crippen LogP contribution in [0.15, 0.2) is 0 Å². The number of hydrogen-bond acceptors (Lipinski definition) is 3. The van der Waals surface area contributed by atoms with E-state index in [2.05, 4.69) is 10.6 Å². The molecule has 1 atom stereocenters. The van der Waals surface area contributed by atoms with Gasteiger partial charge in [-0.15, -0.1) is 0 Å². The fourth-order valence-electron chi connectivity index (χ4n) is 3.11. The van der Waals surface area contributed by atoms with Crippen LogP contribution < -0.4 is 10.6 Å². The maximum absolute atomic E-state index is 12.2. The van der Waals surface area contributed by atoms with Gasteiger partial charge in [0.05, 0.1) is 18.0 Å². The van der Waals surface area contributed by atoms with Gasteiger partial charge < -0.3 is 15.7 Å². The summed E-state index contributed by atoms with van der Waals surface area (Å²) >= 11 is 0. The molecule has 1 aliphatic carbocycles. The Morgan fingerprint density at radius 3 is 2.50 bits per heavy atom. The van der Waals surface area contributed by atoms with Gasteiger partial charge in [0.2, 0.25) is 5.91 Å². The number of carboxylic acid groups (broad SMARTS) is 1. The molecular weight excluding hydrogens is 232 g/mol. The van der Waals surface area contributed by atoms with E-state index >= 15 is 0 Å². The fourth-order valence-corrected chi connectivity index (χ4v) is 3.11. The van der Waals surface area contributed by atoms with Crippen LogP contribution in [-0.4, -0.2) is 35.1 Å². The molecule has 5 heteroatoms. The van der Waals surface area contributed by atoms with E-state index in [0.29, 0.717) is 0 Å². The van der Waals surface area contributed by atoms with Crippen LogP contribution in [0.4, 0.5) is 0 Å². The van der Waals surface area contributed by atoms with Crippen molar-refractivity contribution in [2.24, 2.45) is 0 Å². The summed E-state index contributed by atoms with van der Waals surface area (Å²) in [7, 11) is 0. The second-order valence-electron chi connectivity index (χ2n) is 5.55. The molecule has 2 rings (SSSR count). The molecule has 102 valence electrons. The molecule has 1 saturated heterocycles. The van der Waals surface area contributed by atoms with Crippen LogP contribution in [0, 0.1) is 0 Å². The van der Waals surface area contributed by atoms with Crippen molar-refractivity contribution in [3.63, 3.8) is 0 Å². The van der Waals surface area contributed by atoms with Crippen molar-refractivity contribution in [3.8, 4) is 0 Å². The highest BCUT2D eigenvalue weighted by Gasteiger charge is 2.38. The van der Waals surface area contributed by atoms with Gasteiger partial charge in [-0.2, -0.15) is 0 Å². The minimum absolute atomic E-state index is 0.0159. The molecule has 3 N–H and O–H groups in total. The summed E-state index contributed by atoms with van der Waals surface area (Å²) in [6, 6.07) is -0.134. The molecule has 0 radical (unpaired) electrons. The largest absolute Gasteiger partial charge is 0.481 e. The van der Waals surface area contributed by atoms with Crippen LogP contribution in [-0.2, 0) is 9.59 Å². The summed E-state index contributed by atoms with van der Waals surface area (Å²) in [6.45, 7) is 0.879. The number of amides is 1. The standard InChI is InChI=1S/C13H22N2O3/c16-11(17)9-13(6-2-3-7-13)15-12(18)10-5-1-4-8-14-10/h10,14H,1-9H2,(H,15,18)(H,16,17)/t10-/m1/s1. The van der Waals surface area contributed by atoms with Crippen LogP contribution in [0.25, 0.3) is 0 Å². The lowest BCUT2D eigenvalue weighted by molar-refractivity contribution is -0.139. The van der Waals surface area contributed by atoms with Gasteiger partial charge >= 0.3 is 5.97 Å². The molecule has 0 aromatic heterocycles. The van der Waals surface area contributed by atoms with Gasteiger partial charge in [-0.25, -0.2) is 0 Å². The highest BCUT2D eigenvalue weighted by atomic mass is 16.4. The van der Waals surface area contributed by atoms with Crippen molar-refractivity contribution in [1.82, 2.24) is 10.6 Å². The van der Waals surface area contributed by atoms with Gasteiger partial charge in [-0.1, -0.05) is 19.3 Å². The molecule has 0 aromatic rings. The molecule has 1 saturated carbocycles. The topological polar surface area (TPSA) is 78.4 Å². The lowest BCUT2D eigenvalue weighted by atomic mass is 9.92. The minimum atomic E-state index is -0.825. The van der Waals surface area contributed by atoms with E-state index in [9.17, 15) is 9.59 Å². The maximum atomic E-state index is 12.2. The number of carbonyl (C=O) groups is 2. The molecule has 2 fully saturated rings. The van der Waals surface area contributed by atoms with E-state index in [1.54, 1.807) is 0 Å². The van der Waals surface area contributed by atoms with Crippen LogP contribution >= 0.6 is 0 Å². The van der Waals surface area contributed by atoms with Crippen LogP contribution in [0.1, 0.15) is 51.4 Å². The predicted molar refractivity (Wildman–Crippen MR) is 67.2 cm³/mol. The first-order valence-electron chi connectivity index (χ1n) is 6.89. The molecule has 0 aromatic carbocycles. The molecule has 1 amide bonds. The molecule has 0 bridgehead atoms. The zero-order valence-corrected chi connectivity index (χ0v) is 10.7. The van der Waals surface area contributed by atoms with Crippen molar-refractivity contribution in [2.75, 3.05) is 6.54 Å². The average Bonchev–Trinajstić information content (AvgIpc) is 2.77. The Hall–Kier alpha value is -1.10. The van der Waals surface area contributed by atoms with E-state index in [1.807, 2.05) is 0 Å². The van der Waals surface area contributed by atoms with E-state index in [-0.39, 0.29) is 18.4 Å². The zero-order valence-electron chi connectivity index (χ0n) is 10.7. The smallest absolute Gasteiger partial charge is 0.305 e. The molecule has 5 nitrogen and oxygen atoms in total. The minimum Gasteiger partial charge on any atom is -0.481 e. The van der Waals surface area contributed by atoms with Crippen molar-refractivity contribution >= 4 is 11.9 Å². The molecule has 2 aliphatic rings. The lowest BCUT2D eigenvalue weighted by Gasteiger charge is -2.32. The molecule has 18 heavy (non-hydrogen) atoms. The van der Waals surface area contributed by atoms with Gasteiger partial charge in [0.15, 0.2) is 0 Å². The summed E-state index contributed by atoms with van der Waals surface area (Å²) in [6.07, 6.45) is 6.67. The first-order chi connectivity index (χ1) is 8.61. The number of nitrogens with one attached hydrogen (secondary N) is 2. The fraction of sp³-hybridized carbons (Fsp3) is 0.846. The number of carbonyl (C=O) groups excluding carboxylic acids is 1. The monoisotopic (exact) mass is 254 g/mol. The maximum Gasteiger partial charge on any atom is 0.305 e. The second-order valence-corrected chi connectivity index (χ2v) is 5.55. The summed E-state index contributed by atoms with van der Waals surface area (Å²) < 4.78 is 0. The van der Waals surface area contributed by atoms with Crippen LogP contribution in [0.2, 0.25) is 0 Å².